The molecule has 1 amide bonds. The molecule has 0 spiro atoms. The number of carbonyl (C=O) groups excluding carboxylic acids is 2. The molecule has 0 atom stereocenters. The Bertz CT molecular complexity index is 1140. The molecule has 1 N–H and O–H groups in total. The fourth-order valence-electron chi connectivity index (χ4n) is 2.53. The summed E-state index contributed by atoms with van der Waals surface area (Å²) in [5.74, 6) is -0.411. The maximum Gasteiger partial charge on any atom is 0.347 e. The summed E-state index contributed by atoms with van der Waals surface area (Å²) >= 11 is 0. The highest BCUT2D eigenvalue weighted by Gasteiger charge is 2.14. The van der Waals surface area contributed by atoms with Gasteiger partial charge in [0.2, 0.25) is 0 Å². The van der Waals surface area contributed by atoms with Crippen molar-refractivity contribution in [3.8, 4) is 11.5 Å². The molecular weight excluding hydrogens is 406 g/mol. The molecule has 0 saturated heterocycles. The number of methoxy groups -OCH3 is 1. The van der Waals surface area contributed by atoms with E-state index in [4.69, 9.17) is 9.47 Å². The van der Waals surface area contributed by atoms with Crippen LogP contribution in [0.2, 0.25) is 0 Å². The Balaban J connectivity index is 1.58. The Morgan fingerprint density at radius 2 is 2.06 bits per heavy atom. The summed E-state index contributed by atoms with van der Waals surface area (Å²) in [6.07, 6.45) is 3.56. The number of ether oxygens (including phenoxy) is 2. The molecule has 1 aromatic heterocycles. The van der Waals surface area contributed by atoms with Gasteiger partial charge in [-0.2, -0.15) is 10.2 Å². The SMILES string of the molecule is COc1ccccc1C(=O)Oc1cccc(/C=N/NC(=O)Cn2cc([N+](=O)[O-])cn2)c1. The minimum Gasteiger partial charge on any atom is -0.496 e. The lowest BCUT2D eigenvalue weighted by molar-refractivity contribution is -0.385. The minimum atomic E-state index is -0.604. The van der Waals surface area contributed by atoms with E-state index >= 15 is 0 Å². The van der Waals surface area contributed by atoms with Crippen molar-refractivity contribution in [2.45, 2.75) is 6.54 Å². The first-order chi connectivity index (χ1) is 15.0. The van der Waals surface area contributed by atoms with Crippen molar-refractivity contribution in [2.24, 2.45) is 5.10 Å². The van der Waals surface area contributed by atoms with E-state index in [1.165, 1.54) is 13.3 Å². The Morgan fingerprint density at radius 1 is 1.26 bits per heavy atom. The van der Waals surface area contributed by atoms with Crippen molar-refractivity contribution >= 4 is 23.8 Å². The van der Waals surface area contributed by atoms with Crippen molar-refractivity contribution < 1.29 is 24.0 Å². The van der Waals surface area contributed by atoms with Crippen LogP contribution in [0.25, 0.3) is 0 Å². The standard InChI is InChI=1S/C20H17N5O6/c1-30-18-8-3-2-7-17(18)20(27)31-16-6-4-5-14(9-16)10-21-23-19(26)13-24-12-15(11-22-24)25(28)29/h2-12H,13H2,1H3,(H,23,26)/b21-10+. The number of carbonyl (C=O) groups is 2. The van der Waals surface area contributed by atoms with E-state index in [2.05, 4.69) is 15.6 Å². The molecule has 0 aliphatic carbocycles. The molecule has 11 heteroatoms. The molecule has 3 rings (SSSR count). The highest BCUT2D eigenvalue weighted by molar-refractivity contribution is 5.94. The van der Waals surface area contributed by atoms with Crippen molar-refractivity contribution in [1.29, 1.82) is 0 Å². The average Bonchev–Trinajstić information content (AvgIpc) is 3.22. The lowest BCUT2D eigenvalue weighted by Gasteiger charge is -2.08. The third-order valence-electron chi connectivity index (χ3n) is 3.93. The number of nitro groups is 1. The van der Waals surface area contributed by atoms with Crippen LogP contribution in [-0.2, 0) is 11.3 Å². The molecule has 0 radical (unpaired) electrons. The summed E-state index contributed by atoms with van der Waals surface area (Å²) in [4.78, 5) is 34.3. The van der Waals surface area contributed by atoms with Crippen LogP contribution in [-0.4, -0.2) is 39.9 Å². The molecular formula is C20H17N5O6. The van der Waals surface area contributed by atoms with Crippen LogP contribution >= 0.6 is 0 Å². The van der Waals surface area contributed by atoms with Gasteiger partial charge in [-0.15, -0.1) is 0 Å². The van der Waals surface area contributed by atoms with Crippen LogP contribution < -0.4 is 14.9 Å². The normalized spacial score (nSPS) is 10.6. The number of benzene rings is 2. The maximum atomic E-state index is 12.4. The number of nitrogens with one attached hydrogen (secondary N) is 1. The molecule has 11 nitrogen and oxygen atoms in total. The predicted molar refractivity (Wildman–Crippen MR) is 109 cm³/mol. The van der Waals surface area contributed by atoms with Gasteiger partial charge < -0.3 is 9.47 Å². The number of hydrazone groups is 1. The van der Waals surface area contributed by atoms with E-state index in [1.807, 2.05) is 0 Å². The van der Waals surface area contributed by atoms with Crippen molar-refractivity contribution in [3.63, 3.8) is 0 Å². The number of hydrogen-bond donors (Lipinski definition) is 1. The van der Waals surface area contributed by atoms with Gasteiger partial charge in [0.05, 0.1) is 18.2 Å². The van der Waals surface area contributed by atoms with Crippen LogP contribution in [0.1, 0.15) is 15.9 Å². The topological polar surface area (TPSA) is 138 Å². The van der Waals surface area contributed by atoms with E-state index in [9.17, 15) is 19.7 Å². The summed E-state index contributed by atoms with van der Waals surface area (Å²) in [6, 6.07) is 13.2. The maximum absolute atomic E-state index is 12.4. The monoisotopic (exact) mass is 423 g/mol. The highest BCUT2D eigenvalue weighted by atomic mass is 16.6. The third-order valence-corrected chi connectivity index (χ3v) is 3.93. The Labute approximate surface area is 176 Å². The van der Waals surface area contributed by atoms with Crippen molar-refractivity contribution in [2.75, 3.05) is 7.11 Å². The van der Waals surface area contributed by atoms with E-state index < -0.39 is 16.8 Å². The number of amides is 1. The predicted octanol–water partition coefficient (Wildman–Crippen LogP) is 2.17. The van der Waals surface area contributed by atoms with E-state index in [0.717, 1.165) is 17.1 Å². The molecule has 0 bridgehead atoms. The van der Waals surface area contributed by atoms with E-state index in [-0.39, 0.29) is 23.5 Å². The van der Waals surface area contributed by atoms with E-state index in [1.54, 1.807) is 48.5 Å². The number of esters is 1. The van der Waals surface area contributed by atoms with Crippen molar-refractivity contribution in [1.82, 2.24) is 15.2 Å². The largest absolute Gasteiger partial charge is 0.496 e. The molecule has 0 aliphatic heterocycles. The first kappa shape index (κ1) is 21.2. The summed E-state index contributed by atoms with van der Waals surface area (Å²) in [6.45, 7) is -0.234. The Kier molecular flexibility index (Phi) is 6.68. The Morgan fingerprint density at radius 3 is 2.81 bits per heavy atom. The van der Waals surface area contributed by atoms with Crippen LogP contribution in [0.4, 0.5) is 5.69 Å². The van der Waals surface area contributed by atoms with Gasteiger partial charge in [-0.3, -0.25) is 19.6 Å². The number of hydrogen-bond acceptors (Lipinski definition) is 8. The van der Waals surface area contributed by atoms with Gasteiger partial charge >= 0.3 is 11.7 Å². The van der Waals surface area contributed by atoms with Gasteiger partial charge in [-0.1, -0.05) is 24.3 Å². The van der Waals surface area contributed by atoms with Crippen molar-refractivity contribution in [3.05, 3.63) is 82.2 Å². The van der Waals surface area contributed by atoms with Gasteiger partial charge in [0, 0.05) is 0 Å². The number of para-hydroxylation sites is 1. The summed E-state index contributed by atoms with van der Waals surface area (Å²) in [5, 5.41) is 18.2. The molecule has 0 unspecified atom stereocenters. The second kappa shape index (κ2) is 9.78. The van der Waals surface area contributed by atoms with Crippen LogP contribution in [0, 0.1) is 10.1 Å². The zero-order valence-electron chi connectivity index (χ0n) is 16.3. The molecule has 158 valence electrons. The van der Waals surface area contributed by atoms with Crippen LogP contribution in [0.5, 0.6) is 11.5 Å². The molecule has 2 aromatic carbocycles. The lowest BCUT2D eigenvalue weighted by atomic mass is 10.2. The summed E-state index contributed by atoms with van der Waals surface area (Å²) in [7, 11) is 1.46. The summed E-state index contributed by atoms with van der Waals surface area (Å²) in [5.41, 5.74) is 2.94. The first-order valence-electron chi connectivity index (χ1n) is 8.90. The fraction of sp³-hybridized carbons (Fsp3) is 0.100. The van der Waals surface area contributed by atoms with Gasteiger partial charge in [0.1, 0.15) is 36.0 Å². The highest BCUT2D eigenvalue weighted by Crippen LogP contribution is 2.20. The average molecular weight is 423 g/mol. The number of nitrogens with zero attached hydrogens (tertiary/aromatic N) is 4. The second-order valence-electron chi connectivity index (χ2n) is 6.11. The van der Waals surface area contributed by atoms with E-state index in [0.29, 0.717) is 11.3 Å². The smallest absolute Gasteiger partial charge is 0.347 e. The van der Waals surface area contributed by atoms with Gasteiger partial charge in [0.15, 0.2) is 0 Å². The zero-order chi connectivity index (χ0) is 22.2. The quantitative estimate of drug-likeness (QED) is 0.193. The minimum absolute atomic E-state index is 0.212. The molecule has 31 heavy (non-hydrogen) atoms. The Hall–Kier alpha value is -4.54. The second-order valence-corrected chi connectivity index (χ2v) is 6.11. The first-order valence-corrected chi connectivity index (χ1v) is 8.90. The zero-order valence-corrected chi connectivity index (χ0v) is 16.3. The van der Waals surface area contributed by atoms with Crippen LogP contribution in [0.3, 0.4) is 0 Å². The molecule has 1 heterocycles. The number of rotatable bonds is 8. The molecule has 0 aliphatic rings. The third kappa shape index (κ3) is 5.73. The lowest BCUT2D eigenvalue weighted by Crippen LogP contribution is -2.23. The van der Waals surface area contributed by atoms with Gasteiger partial charge in [-0.25, -0.2) is 10.2 Å². The fourth-order valence-corrected chi connectivity index (χ4v) is 2.53. The van der Waals surface area contributed by atoms with Gasteiger partial charge in [-0.05, 0) is 29.8 Å². The molecule has 0 fully saturated rings. The molecule has 3 aromatic rings. The van der Waals surface area contributed by atoms with Gasteiger partial charge in [0.25, 0.3) is 5.91 Å². The number of aromatic nitrogens is 2. The van der Waals surface area contributed by atoms with Crippen LogP contribution in [0.15, 0.2) is 66.0 Å². The summed E-state index contributed by atoms with van der Waals surface area (Å²) < 4.78 is 11.7. The molecule has 0 saturated carbocycles.